The zero-order chi connectivity index (χ0) is 21.8. The van der Waals surface area contributed by atoms with Gasteiger partial charge >= 0.3 is 0 Å². The van der Waals surface area contributed by atoms with E-state index in [-0.39, 0.29) is 11.9 Å². The summed E-state index contributed by atoms with van der Waals surface area (Å²) in [6.07, 6.45) is 7.90. The molecule has 0 spiro atoms. The molecule has 5 rings (SSSR count). The van der Waals surface area contributed by atoms with Gasteiger partial charge in [-0.05, 0) is 24.0 Å². The van der Waals surface area contributed by atoms with Gasteiger partial charge in [-0.15, -0.1) is 5.10 Å². The predicted molar refractivity (Wildman–Crippen MR) is 124 cm³/mol. The lowest BCUT2D eigenvalue weighted by Crippen LogP contribution is -2.50. The average molecular weight is 430 g/mol. The largest absolute Gasteiger partial charge is 0.335 e. The molecule has 2 fully saturated rings. The highest BCUT2D eigenvalue weighted by Crippen LogP contribution is 2.30. The Hall–Kier alpha value is -2.99. The van der Waals surface area contributed by atoms with Gasteiger partial charge in [0.2, 0.25) is 0 Å². The maximum Gasteiger partial charge on any atom is 0.276 e. The lowest BCUT2D eigenvalue weighted by molar-refractivity contribution is 0.0591. The summed E-state index contributed by atoms with van der Waals surface area (Å²) in [5.74, 6) is 0.00248. The molecule has 0 N–H and O–H groups in total. The molecule has 6 heteroatoms. The summed E-state index contributed by atoms with van der Waals surface area (Å²) in [6, 6.07) is 21.9. The van der Waals surface area contributed by atoms with E-state index in [0.29, 0.717) is 24.8 Å². The molecule has 2 aromatic carbocycles. The van der Waals surface area contributed by atoms with Crippen LogP contribution >= 0.6 is 0 Å². The molecular formula is C26H31N5O. The van der Waals surface area contributed by atoms with Crippen molar-refractivity contribution < 1.29 is 4.79 Å². The third-order valence-electron chi connectivity index (χ3n) is 6.88. The minimum absolute atomic E-state index is 0.00248. The normalized spacial score (nSPS) is 18.2. The summed E-state index contributed by atoms with van der Waals surface area (Å²) >= 11 is 0. The van der Waals surface area contributed by atoms with Crippen molar-refractivity contribution in [3.8, 4) is 0 Å². The Labute approximate surface area is 189 Å². The lowest BCUT2D eigenvalue weighted by Gasteiger charge is -2.39. The highest BCUT2D eigenvalue weighted by Gasteiger charge is 2.30. The molecule has 2 heterocycles. The van der Waals surface area contributed by atoms with E-state index in [1.165, 1.54) is 30.4 Å². The lowest BCUT2D eigenvalue weighted by atomic mass is 9.96. The van der Waals surface area contributed by atoms with Crippen LogP contribution in [0.3, 0.4) is 0 Å². The van der Waals surface area contributed by atoms with E-state index < -0.39 is 0 Å². The molecule has 166 valence electrons. The van der Waals surface area contributed by atoms with Crippen molar-refractivity contribution in [1.82, 2.24) is 24.8 Å². The molecule has 0 unspecified atom stereocenters. The Morgan fingerprint density at radius 2 is 1.41 bits per heavy atom. The van der Waals surface area contributed by atoms with Crippen LogP contribution in [0.15, 0.2) is 66.9 Å². The van der Waals surface area contributed by atoms with E-state index in [1.54, 1.807) is 0 Å². The zero-order valence-electron chi connectivity index (χ0n) is 18.5. The molecule has 0 bridgehead atoms. The van der Waals surface area contributed by atoms with Gasteiger partial charge in [-0.3, -0.25) is 9.69 Å². The smallest absolute Gasteiger partial charge is 0.276 e. The molecule has 6 nitrogen and oxygen atoms in total. The molecule has 0 radical (unpaired) electrons. The van der Waals surface area contributed by atoms with Crippen molar-refractivity contribution >= 4 is 5.91 Å². The van der Waals surface area contributed by atoms with E-state index in [1.807, 2.05) is 15.8 Å². The van der Waals surface area contributed by atoms with Crippen LogP contribution in [0.5, 0.6) is 0 Å². The number of carbonyl (C=O) groups is 1. The number of nitrogens with zero attached hydrogens (tertiary/aromatic N) is 5. The first-order valence-corrected chi connectivity index (χ1v) is 11.8. The molecule has 32 heavy (non-hydrogen) atoms. The molecule has 3 aromatic rings. The Balaban J connectivity index is 1.26. The van der Waals surface area contributed by atoms with Crippen LogP contribution in [-0.4, -0.2) is 56.9 Å². The Bertz CT molecular complexity index is 965. The quantitative estimate of drug-likeness (QED) is 0.606. The maximum atomic E-state index is 13.1. The van der Waals surface area contributed by atoms with Crippen LogP contribution in [0.1, 0.15) is 65.8 Å². The third kappa shape index (κ3) is 4.46. The Kier molecular flexibility index (Phi) is 6.30. The van der Waals surface area contributed by atoms with Gasteiger partial charge in [0.15, 0.2) is 5.69 Å². The molecule has 1 aromatic heterocycles. The van der Waals surface area contributed by atoms with Crippen LogP contribution < -0.4 is 0 Å². The fraction of sp³-hybridized carbons (Fsp3) is 0.423. The third-order valence-corrected chi connectivity index (χ3v) is 6.88. The van der Waals surface area contributed by atoms with Crippen LogP contribution in [0.4, 0.5) is 0 Å². The number of amides is 1. The van der Waals surface area contributed by atoms with Gasteiger partial charge in [-0.25, -0.2) is 4.68 Å². The van der Waals surface area contributed by atoms with Crippen LogP contribution in [0.25, 0.3) is 0 Å². The highest BCUT2D eigenvalue weighted by molar-refractivity contribution is 5.92. The minimum atomic E-state index is 0.00248. The average Bonchev–Trinajstić information content (AvgIpc) is 3.37. The van der Waals surface area contributed by atoms with Gasteiger partial charge in [-0.2, -0.15) is 0 Å². The number of hydrogen-bond acceptors (Lipinski definition) is 4. The first-order valence-electron chi connectivity index (χ1n) is 11.8. The van der Waals surface area contributed by atoms with E-state index in [2.05, 4.69) is 75.9 Å². The summed E-state index contributed by atoms with van der Waals surface area (Å²) in [6.45, 7) is 3.06. The molecule has 1 aliphatic heterocycles. The summed E-state index contributed by atoms with van der Waals surface area (Å²) in [5.41, 5.74) is 3.05. The maximum absolute atomic E-state index is 13.1. The van der Waals surface area contributed by atoms with E-state index >= 15 is 0 Å². The van der Waals surface area contributed by atoms with Crippen molar-refractivity contribution in [2.75, 3.05) is 26.2 Å². The van der Waals surface area contributed by atoms with Crippen molar-refractivity contribution in [3.63, 3.8) is 0 Å². The molecule has 2 aliphatic rings. The van der Waals surface area contributed by atoms with Crippen LogP contribution in [-0.2, 0) is 0 Å². The summed E-state index contributed by atoms with van der Waals surface area (Å²) in [4.78, 5) is 17.5. The van der Waals surface area contributed by atoms with E-state index in [0.717, 1.165) is 25.9 Å². The van der Waals surface area contributed by atoms with Gasteiger partial charge in [-0.1, -0.05) is 85.1 Å². The van der Waals surface area contributed by atoms with Crippen molar-refractivity contribution in [2.45, 2.75) is 44.2 Å². The highest BCUT2D eigenvalue weighted by atomic mass is 16.2. The fourth-order valence-corrected chi connectivity index (χ4v) is 5.13. The minimum Gasteiger partial charge on any atom is -0.335 e. The van der Waals surface area contributed by atoms with Gasteiger partial charge in [0.25, 0.3) is 5.91 Å². The predicted octanol–water partition coefficient (Wildman–Crippen LogP) is 4.33. The molecule has 0 atom stereocenters. The zero-order valence-corrected chi connectivity index (χ0v) is 18.5. The second-order valence-corrected chi connectivity index (χ2v) is 8.93. The first-order chi connectivity index (χ1) is 15.8. The second kappa shape index (κ2) is 9.65. The molecule has 1 saturated heterocycles. The standard InChI is InChI=1S/C26H31N5O/c32-26(24-20-31(28-27-24)23-14-8-3-9-15-23)30-18-16-29(17-19-30)25(21-10-4-1-5-11-21)22-12-6-2-7-13-22/h1-2,4-7,10-13,20,23,25H,3,8-9,14-19H2. The summed E-state index contributed by atoms with van der Waals surface area (Å²) in [5, 5.41) is 8.51. The van der Waals surface area contributed by atoms with E-state index in [4.69, 9.17) is 0 Å². The summed E-state index contributed by atoms with van der Waals surface area (Å²) < 4.78 is 1.92. The van der Waals surface area contributed by atoms with Crippen molar-refractivity contribution in [3.05, 3.63) is 83.7 Å². The molecular weight excluding hydrogens is 398 g/mol. The number of carbonyl (C=O) groups excluding carboxylic acids is 1. The van der Waals surface area contributed by atoms with E-state index in [9.17, 15) is 4.79 Å². The van der Waals surface area contributed by atoms with Crippen molar-refractivity contribution in [1.29, 1.82) is 0 Å². The van der Waals surface area contributed by atoms with Crippen LogP contribution in [0.2, 0.25) is 0 Å². The van der Waals surface area contributed by atoms with Crippen LogP contribution in [0, 0.1) is 0 Å². The second-order valence-electron chi connectivity index (χ2n) is 8.93. The Morgan fingerprint density at radius 1 is 0.812 bits per heavy atom. The monoisotopic (exact) mass is 429 g/mol. The number of benzene rings is 2. The molecule has 1 amide bonds. The molecule has 1 aliphatic carbocycles. The topological polar surface area (TPSA) is 54.3 Å². The fourth-order valence-electron chi connectivity index (χ4n) is 5.13. The summed E-state index contributed by atoms with van der Waals surface area (Å²) in [7, 11) is 0. The first kappa shape index (κ1) is 20.9. The number of hydrogen-bond donors (Lipinski definition) is 0. The van der Waals surface area contributed by atoms with Gasteiger partial charge in [0, 0.05) is 26.2 Å². The number of rotatable bonds is 5. The van der Waals surface area contributed by atoms with Gasteiger partial charge in [0.05, 0.1) is 18.3 Å². The number of piperazine rings is 1. The molecule has 1 saturated carbocycles. The van der Waals surface area contributed by atoms with Gasteiger partial charge < -0.3 is 4.90 Å². The SMILES string of the molecule is O=C(c1cn(C2CCCCC2)nn1)N1CCN(C(c2ccccc2)c2ccccc2)CC1. The van der Waals surface area contributed by atoms with Gasteiger partial charge in [0.1, 0.15) is 0 Å². The number of aromatic nitrogens is 3. The van der Waals surface area contributed by atoms with Crippen molar-refractivity contribution in [2.24, 2.45) is 0 Å². The Morgan fingerprint density at radius 3 is 2.00 bits per heavy atom.